The summed E-state index contributed by atoms with van der Waals surface area (Å²) in [6.07, 6.45) is 0. The first-order chi connectivity index (χ1) is 11.5. The number of aromatic amines is 1. The van der Waals surface area contributed by atoms with Gasteiger partial charge in [-0.05, 0) is 55.3 Å². The summed E-state index contributed by atoms with van der Waals surface area (Å²) in [4.78, 5) is 12.4. The molecule has 0 radical (unpaired) electrons. The van der Waals surface area contributed by atoms with Gasteiger partial charge in [0.1, 0.15) is 5.69 Å². The summed E-state index contributed by atoms with van der Waals surface area (Å²) in [6, 6.07) is 12.6. The lowest BCUT2D eigenvalue weighted by Crippen LogP contribution is -2.13. The summed E-state index contributed by atoms with van der Waals surface area (Å²) in [7, 11) is 0. The third-order valence-electron chi connectivity index (χ3n) is 3.88. The van der Waals surface area contributed by atoms with Crippen molar-refractivity contribution in [2.24, 2.45) is 0 Å². The zero-order valence-electron chi connectivity index (χ0n) is 13.2. The number of carbonyl (C=O) groups excluding carboxylic acids is 1. The lowest BCUT2D eigenvalue weighted by Gasteiger charge is -2.09. The number of aryl methyl sites for hydroxylation is 1. The maximum Gasteiger partial charge on any atom is 0.273 e. The highest BCUT2D eigenvalue weighted by Gasteiger charge is 2.14. The Kier molecular flexibility index (Phi) is 4.60. The highest BCUT2D eigenvalue weighted by molar-refractivity contribution is 6.36. The van der Waals surface area contributed by atoms with Crippen molar-refractivity contribution in [1.82, 2.24) is 10.2 Å². The normalized spacial score (nSPS) is 10.7. The van der Waals surface area contributed by atoms with Crippen molar-refractivity contribution >= 4 is 34.8 Å². The minimum atomic E-state index is -0.257. The summed E-state index contributed by atoms with van der Waals surface area (Å²) in [6.45, 7) is 3.97. The quantitative estimate of drug-likeness (QED) is 0.670. The number of rotatable bonds is 3. The van der Waals surface area contributed by atoms with Crippen LogP contribution in [0.3, 0.4) is 0 Å². The molecule has 3 aromatic rings. The third-order valence-corrected chi connectivity index (χ3v) is 4.43. The van der Waals surface area contributed by atoms with Gasteiger partial charge in [-0.3, -0.25) is 9.89 Å². The van der Waals surface area contributed by atoms with Gasteiger partial charge in [-0.15, -0.1) is 0 Å². The molecule has 3 rings (SSSR count). The van der Waals surface area contributed by atoms with Gasteiger partial charge in [0.15, 0.2) is 0 Å². The molecule has 0 fully saturated rings. The van der Waals surface area contributed by atoms with Gasteiger partial charge in [0.25, 0.3) is 5.91 Å². The summed E-state index contributed by atoms with van der Waals surface area (Å²) in [5.74, 6) is -0.257. The van der Waals surface area contributed by atoms with Crippen molar-refractivity contribution in [2.75, 3.05) is 5.32 Å². The largest absolute Gasteiger partial charge is 0.320 e. The molecule has 0 aliphatic carbocycles. The average Bonchev–Trinajstić information content (AvgIpc) is 3.01. The molecule has 1 heterocycles. The molecule has 0 atom stereocenters. The molecule has 0 bridgehead atoms. The predicted molar refractivity (Wildman–Crippen MR) is 97.9 cm³/mol. The van der Waals surface area contributed by atoms with Crippen LogP contribution in [0.4, 0.5) is 5.69 Å². The van der Waals surface area contributed by atoms with E-state index in [9.17, 15) is 4.79 Å². The molecule has 1 aromatic heterocycles. The second-order valence-electron chi connectivity index (χ2n) is 5.49. The van der Waals surface area contributed by atoms with Crippen LogP contribution < -0.4 is 5.32 Å². The van der Waals surface area contributed by atoms with Gasteiger partial charge in [-0.1, -0.05) is 35.3 Å². The number of H-pyrrole nitrogens is 1. The number of hydrogen-bond acceptors (Lipinski definition) is 2. The number of carbonyl (C=O) groups is 1. The van der Waals surface area contributed by atoms with E-state index >= 15 is 0 Å². The van der Waals surface area contributed by atoms with Crippen LogP contribution in [0, 0.1) is 13.8 Å². The Bertz CT molecular complexity index is 918. The summed E-state index contributed by atoms with van der Waals surface area (Å²) in [5.41, 5.74) is 4.58. The van der Waals surface area contributed by atoms with Crippen LogP contribution in [0.5, 0.6) is 0 Å². The Morgan fingerprint density at radius 2 is 1.92 bits per heavy atom. The van der Waals surface area contributed by atoms with Crippen LogP contribution >= 0.6 is 23.2 Å². The number of hydrogen-bond donors (Lipinski definition) is 2. The molecule has 0 unspecified atom stereocenters. The second kappa shape index (κ2) is 6.67. The molecule has 24 heavy (non-hydrogen) atoms. The molecular weight excluding hydrogens is 345 g/mol. The Labute approximate surface area is 149 Å². The Morgan fingerprint density at radius 1 is 1.12 bits per heavy atom. The second-order valence-corrected chi connectivity index (χ2v) is 6.34. The number of anilines is 1. The van der Waals surface area contributed by atoms with Crippen molar-refractivity contribution in [1.29, 1.82) is 0 Å². The molecule has 4 nitrogen and oxygen atoms in total. The first-order valence-corrected chi connectivity index (χ1v) is 8.09. The first kappa shape index (κ1) is 16.6. The minimum absolute atomic E-state index is 0.257. The van der Waals surface area contributed by atoms with Gasteiger partial charge >= 0.3 is 0 Å². The number of nitrogens with zero attached hydrogens (tertiary/aromatic N) is 1. The molecule has 1 amide bonds. The van der Waals surface area contributed by atoms with Crippen LogP contribution in [0.1, 0.15) is 21.6 Å². The van der Waals surface area contributed by atoms with E-state index in [2.05, 4.69) is 15.5 Å². The fraction of sp³-hybridized carbons (Fsp3) is 0.111. The minimum Gasteiger partial charge on any atom is -0.320 e. The fourth-order valence-corrected chi connectivity index (χ4v) is 2.85. The van der Waals surface area contributed by atoms with Crippen molar-refractivity contribution < 1.29 is 4.79 Å². The van der Waals surface area contributed by atoms with E-state index < -0.39 is 0 Å². The van der Waals surface area contributed by atoms with Crippen molar-refractivity contribution in [3.05, 3.63) is 69.3 Å². The Balaban J connectivity index is 1.85. The molecule has 0 aliphatic rings. The zero-order valence-corrected chi connectivity index (χ0v) is 14.7. The van der Waals surface area contributed by atoms with Gasteiger partial charge < -0.3 is 5.32 Å². The van der Waals surface area contributed by atoms with Crippen LogP contribution in [0.25, 0.3) is 11.3 Å². The Hall–Kier alpha value is -2.30. The first-order valence-electron chi connectivity index (χ1n) is 7.34. The topological polar surface area (TPSA) is 57.8 Å². The van der Waals surface area contributed by atoms with Gasteiger partial charge in [0.2, 0.25) is 0 Å². The number of halogens is 2. The monoisotopic (exact) mass is 359 g/mol. The van der Waals surface area contributed by atoms with Gasteiger partial charge in [-0.25, -0.2) is 0 Å². The molecule has 0 spiro atoms. The van der Waals surface area contributed by atoms with Crippen LogP contribution in [-0.4, -0.2) is 16.1 Å². The van der Waals surface area contributed by atoms with E-state index in [0.717, 1.165) is 16.8 Å². The maximum absolute atomic E-state index is 12.4. The van der Waals surface area contributed by atoms with Crippen molar-refractivity contribution in [3.63, 3.8) is 0 Å². The third kappa shape index (κ3) is 3.30. The van der Waals surface area contributed by atoms with Crippen LogP contribution in [0.15, 0.2) is 42.5 Å². The molecule has 122 valence electrons. The van der Waals surface area contributed by atoms with Gasteiger partial charge in [-0.2, -0.15) is 5.10 Å². The fourth-order valence-electron chi connectivity index (χ4n) is 2.35. The number of aromatic nitrogens is 2. The van der Waals surface area contributed by atoms with E-state index in [1.807, 2.05) is 32.0 Å². The standard InChI is InChI=1S/C18H15Cl2N3O/c1-10-4-3-5-15(11(10)2)21-18(24)17-9-16(22-23-17)13-7-6-12(19)8-14(13)20/h3-9H,1-2H3,(H,21,24)(H,22,23). The molecule has 0 saturated carbocycles. The van der Waals surface area contributed by atoms with E-state index in [0.29, 0.717) is 27.0 Å². The molecule has 2 aromatic carbocycles. The van der Waals surface area contributed by atoms with Crippen molar-refractivity contribution in [3.8, 4) is 11.3 Å². The molecule has 6 heteroatoms. The van der Waals surface area contributed by atoms with Crippen molar-refractivity contribution in [2.45, 2.75) is 13.8 Å². The molecular formula is C18H15Cl2N3O. The number of nitrogens with one attached hydrogen (secondary N) is 2. The highest BCUT2D eigenvalue weighted by atomic mass is 35.5. The van der Waals surface area contributed by atoms with E-state index in [1.165, 1.54) is 0 Å². The number of benzene rings is 2. The van der Waals surface area contributed by atoms with Gasteiger partial charge in [0, 0.05) is 16.3 Å². The lowest BCUT2D eigenvalue weighted by molar-refractivity contribution is 0.102. The summed E-state index contributed by atoms with van der Waals surface area (Å²) in [5, 5.41) is 10.8. The average molecular weight is 360 g/mol. The number of amides is 1. The maximum atomic E-state index is 12.4. The summed E-state index contributed by atoms with van der Waals surface area (Å²) >= 11 is 12.1. The summed E-state index contributed by atoms with van der Waals surface area (Å²) < 4.78 is 0. The van der Waals surface area contributed by atoms with E-state index in [1.54, 1.807) is 24.3 Å². The predicted octanol–water partition coefficient (Wildman–Crippen LogP) is 5.25. The Morgan fingerprint density at radius 3 is 2.67 bits per heavy atom. The highest BCUT2D eigenvalue weighted by Crippen LogP contribution is 2.29. The molecule has 2 N–H and O–H groups in total. The zero-order chi connectivity index (χ0) is 17.3. The van der Waals surface area contributed by atoms with Crippen LogP contribution in [-0.2, 0) is 0 Å². The van der Waals surface area contributed by atoms with E-state index in [-0.39, 0.29) is 5.91 Å². The molecule has 0 aliphatic heterocycles. The lowest BCUT2D eigenvalue weighted by atomic mass is 10.1. The molecule has 0 saturated heterocycles. The van der Waals surface area contributed by atoms with E-state index in [4.69, 9.17) is 23.2 Å². The smallest absolute Gasteiger partial charge is 0.273 e. The SMILES string of the molecule is Cc1cccc(NC(=O)c2cc(-c3ccc(Cl)cc3Cl)n[nH]2)c1C. The van der Waals surface area contributed by atoms with Gasteiger partial charge in [0.05, 0.1) is 10.7 Å². The van der Waals surface area contributed by atoms with Crippen LogP contribution in [0.2, 0.25) is 10.0 Å².